The zero-order valence-corrected chi connectivity index (χ0v) is 59.1. The van der Waals surface area contributed by atoms with E-state index in [9.17, 15) is 0 Å². The van der Waals surface area contributed by atoms with Crippen LogP contribution in [0.1, 0.15) is 27.7 Å². The van der Waals surface area contributed by atoms with Crippen molar-refractivity contribution in [3.63, 3.8) is 0 Å². The normalized spacial score (nSPS) is 13.0. The van der Waals surface area contributed by atoms with Gasteiger partial charge >= 0.3 is 7.12 Å². The van der Waals surface area contributed by atoms with E-state index in [-0.39, 0.29) is 11.2 Å². The number of benzene rings is 10. The summed E-state index contributed by atoms with van der Waals surface area (Å²) in [6.45, 7) is 8.23. The summed E-state index contributed by atoms with van der Waals surface area (Å²) in [5.74, 6) is 2.57. The van der Waals surface area contributed by atoms with Crippen molar-refractivity contribution in [2.75, 3.05) is 0 Å². The highest BCUT2D eigenvalue weighted by Gasteiger charge is 2.51. The molecule has 0 aliphatic carbocycles. The SMILES string of the molecule is Brc1cnc2c3ncc(-c4ccccc4)nc3c3nccnc3c2n1.CC1(C)OB(c2ccc(-c3nc(-c4ccccc4)nc(-c4ccccc4)n3)cc2)OC1(C)C.c1ccc(-c2cc(-c3ccccc3)nc(-c3ccc(-c4cnc5c6ncc(-c7ccccc7)nc6c6nccnc6c5n4)cc3)n2)cc1. The van der Waals surface area contributed by atoms with E-state index >= 15 is 0 Å². The fourth-order valence-corrected chi connectivity index (χ4v) is 12.8. The smallest absolute Gasteiger partial charge is 0.399 e. The minimum absolute atomic E-state index is 0.375. The van der Waals surface area contributed by atoms with Crippen LogP contribution in [0, 0.1) is 0 Å². The van der Waals surface area contributed by atoms with Crippen molar-refractivity contribution in [2.45, 2.75) is 38.9 Å². The Morgan fingerprint density at radius 1 is 0.245 bits per heavy atom. The number of nitrogens with zero attached hydrogens (tertiary/aromatic N) is 17. The van der Waals surface area contributed by atoms with Gasteiger partial charge in [0.2, 0.25) is 0 Å². The second kappa shape index (κ2) is 28.2. The van der Waals surface area contributed by atoms with Crippen molar-refractivity contribution >= 4 is 94.7 Å². The van der Waals surface area contributed by atoms with Crippen molar-refractivity contribution in [3.05, 3.63) is 291 Å². The van der Waals surface area contributed by atoms with Crippen LogP contribution in [-0.4, -0.2) is 103 Å². The summed E-state index contributed by atoms with van der Waals surface area (Å²) in [6.07, 6.45) is 13.6. The molecule has 106 heavy (non-hydrogen) atoms. The molecule has 10 aromatic carbocycles. The number of fused-ring (bicyclic) bond motifs is 12. The van der Waals surface area contributed by atoms with Crippen molar-refractivity contribution in [1.82, 2.24) is 84.7 Å². The summed E-state index contributed by atoms with van der Waals surface area (Å²) in [7, 11) is -0.401. The van der Waals surface area contributed by atoms with Crippen LogP contribution in [0.3, 0.4) is 0 Å². The predicted octanol–water partition coefficient (Wildman–Crippen LogP) is 17.8. The van der Waals surface area contributed by atoms with E-state index in [4.69, 9.17) is 59.1 Å². The summed E-state index contributed by atoms with van der Waals surface area (Å²) in [5, 5.41) is 0. The minimum atomic E-state index is -0.401. The number of aromatic nitrogens is 17. The van der Waals surface area contributed by atoms with Gasteiger partial charge in [-0.25, -0.2) is 64.8 Å². The van der Waals surface area contributed by atoms with Crippen LogP contribution in [-0.2, 0) is 9.31 Å². The van der Waals surface area contributed by atoms with E-state index in [2.05, 4.69) is 103 Å². The lowest BCUT2D eigenvalue weighted by atomic mass is 9.79. The monoisotopic (exact) mass is 1440 g/mol. The van der Waals surface area contributed by atoms with E-state index in [0.717, 1.165) is 78.3 Å². The van der Waals surface area contributed by atoms with Gasteiger partial charge in [-0.2, -0.15) is 0 Å². The molecule has 0 saturated carbocycles. The summed E-state index contributed by atoms with van der Waals surface area (Å²) >= 11 is 3.37. The van der Waals surface area contributed by atoms with Crippen molar-refractivity contribution in [1.29, 1.82) is 0 Å². The molecule has 0 N–H and O–H groups in total. The van der Waals surface area contributed by atoms with Crippen molar-refractivity contribution in [2.24, 2.45) is 0 Å². The summed E-state index contributed by atoms with van der Waals surface area (Å²) in [5.41, 5.74) is 20.6. The van der Waals surface area contributed by atoms with Gasteiger partial charge in [-0.3, -0.25) is 19.9 Å². The Balaban J connectivity index is 0.000000124. The fourth-order valence-electron chi connectivity index (χ4n) is 12.5. The van der Waals surface area contributed by atoms with Gasteiger partial charge < -0.3 is 9.31 Å². The van der Waals surface area contributed by atoms with Crippen LogP contribution in [0.15, 0.2) is 291 Å². The maximum atomic E-state index is 6.19. The lowest BCUT2D eigenvalue weighted by Crippen LogP contribution is -2.41. The highest BCUT2D eigenvalue weighted by molar-refractivity contribution is 9.10. The molecule has 0 unspecified atom stereocenters. The summed E-state index contributed by atoms with van der Waals surface area (Å²) < 4.78 is 13.0. The first kappa shape index (κ1) is 66.1. The van der Waals surface area contributed by atoms with E-state index in [1.165, 1.54) is 0 Å². The van der Waals surface area contributed by atoms with E-state index < -0.39 is 7.12 Å². The Morgan fingerprint density at radius 2 is 0.500 bits per heavy atom. The van der Waals surface area contributed by atoms with Crippen LogP contribution >= 0.6 is 15.9 Å². The summed E-state index contributed by atoms with van der Waals surface area (Å²) in [4.78, 5) is 80.6. The van der Waals surface area contributed by atoms with Crippen LogP contribution in [0.25, 0.3) is 168 Å². The highest BCUT2D eigenvalue weighted by atomic mass is 79.9. The third kappa shape index (κ3) is 13.2. The molecule has 1 saturated heterocycles. The second-order valence-corrected chi connectivity index (χ2v) is 26.8. The largest absolute Gasteiger partial charge is 0.494 e. The van der Waals surface area contributed by atoms with Gasteiger partial charge in [0.25, 0.3) is 0 Å². The quantitative estimate of drug-likeness (QED) is 0.0913. The third-order valence-electron chi connectivity index (χ3n) is 18.6. The molecule has 0 radical (unpaired) electrons. The molecule has 19 nitrogen and oxygen atoms in total. The van der Waals surface area contributed by atoms with Crippen molar-refractivity contribution in [3.8, 4) is 102 Å². The van der Waals surface area contributed by atoms with Gasteiger partial charge in [-0.05, 0) is 55.2 Å². The van der Waals surface area contributed by atoms with E-state index in [0.29, 0.717) is 99.8 Å². The molecule has 0 bridgehead atoms. The average molecular weight is 1440 g/mol. The molecule has 0 spiro atoms. The summed E-state index contributed by atoms with van der Waals surface area (Å²) in [6, 6.07) is 78.4. The highest BCUT2D eigenvalue weighted by Crippen LogP contribution is 2.38. The lowest BCUT2D eigenvalue weighted by Gasteiger charge is -2.32. The number of halogens is 1. The Hall–Kier alpha value is -13.2. The molecular formula is C85H59BBrN17O2. The molecular weight excluding hydrogens is 1380 g/mol. The maximum absolute atomic E-state index is 6.19. The van der Waals surface area contributed by atoms with Gasteiger partial charge in [0, 0.05) is 74.9 Å². The molecule has 8 aromatic heterocycles. The van der Waals surface area contributed by atoms with Crippen LogP contribution < -0.4 is 5.46 Å². The Bertz CT molecular complexity index is 6120. The number of hydrogen-bond donors (Lipinski definition) is 0. The van der Waals surface area contributed by atoms with Gasteiger partial charge in [-0.15, -0.1) is 0 Å². The van der Waals surface area contributed by atoms with Crippen molar-refractivity contribution < 1.29 is 9.31 Å². The molecule has 18 aromatic rings. The number of hydrogen-bond acceptors (Lipinski definition) is 19. The first-order chi connectivity index (χ1) is 51.9. The minimum Gasteiger partial charge on any atom is -0.399 e. The molecule has 19 rings (SSSR count). The second-order valence-electron chi connectivity index (χ2n) is 26.0. The first-order valence-electron chi connectivity index (χ1n) is 34.2. The van der Waals surface area contributed by atoms with Gasteiger partial charge in [-0.1, -0.05) is 231 Å². The average Bonchev–Trinajstić information content (AvgIpc) is 0.968. The van der Waals surface area contributed by atoms with Gasteiger partial charge in [0.1, 0.15) is 70.8 Å². The first-order valence-corrected chi connectivity index (χ1v) is 35.0. The van der Waals surface area contributed by atoms with E-state index in [1.807, 2.05) is 212 Å². The topological polar surface area (TPSA) is 238 Å². The lowest BCUT2D eigenvalue weighted by molar-refractivity contribution is 0.00578. The Kier molecular flexibility index (Phi) is 17.6. The predicted molar refractivity (Wildman–Crippen MR) is 419 cm³/mol. The van der Waals surface area contributed by atoms with Crippen LogP contribution in [0.5, 0.6) is 0 Å². The van der Waals surface area contributed by atoms with Crippen LogP contribution in [0.2, 0.25) is 0 Å². The molecule has 1 aliphatic rings. The zero-order valence-electron chi connectivity index (χ0n) is 57.5. The number of rotatable bonds is 10. The third-order valence-corrected chi connectivity index (χ3v) is 19.0. The molecule has 9 heterocycles. The van der Waals surface area contributed by atoms with E-state index in [1.54, 1.807) is 49.6 Å². The Morgan fingerprint density at radius 3 is 0.849 bits per heavy atom. The molecule has 1 aliphatic heterocycles. The zero-order chi connectivity index (χ0) is 71.7. The molecule has 0 atom stereocenters. The van der Waals surface area contributed by atoms with Gasteiger partial charge in [0.15, 0.2) is 23.3 Å². The molecule has 1 fully saturated rings. The van der Waals surface area contributed by atoms with Gasteiger partial charge in [0.05, 0.1) is 64.5 Å². The molecule has 0 amide bonds. The van der Waals surface area contributed by atoms with Crippen LogP contribution in [0.4, 0.5) is 0 Å². The fraction of sp³-hybridized carbons (Fsp3) is 0.0706. The molecule has 21 heteroatoms. The molecule has 506 valence electrons. The maximum Gasteiger partial charge on any atom is 0.494 e. The standard InChI is InChI=1S/C40H24N8.C27H26BN3O2.C18H9BrN6/c1-4-10-25(11-5-1)30-22-31(26-12-6-2-7-13-26)48-40(47-30)29-18-16-28(17-19-29)33-24-44-37-36-38(34-35(39(37)46-33)42-21-20-41-34)45-32(23-43-36)27-14-8-3-9-15-27;1-26(2)27(3,4)33-28(32-26)22-17-15-21(16-18-22)25-30-23(19-11-7-5-8-12-19)29-24(31-25)20-13-9-6-10-14-20;19-12-9-23-16-15-17(13-14(18(16)25-12)21-7-6-20-13)24-11(8-22-15)10-4-2-1-3-5-10/h1-24H;5-18H,1-4H3;1-9H. The Labute approximate surface area is 616 Å².